The molecule has 0 radical (unpaired) electrons. The normalized spacial score (nSPS) is 18.9. The highest BCUT2D eigenvalue weighted by molar-refractivity contribution is 5.44. The summed E-state index contributed by atoms with van der Waals surface area (Å²) in [6, 6.07) is 6.32. The molecule has 1 aliphatic heterocycles. The molecule has 0 spiro atoms. The fourth-order valence-corrected chi connectivity index (χ4v) is 2.48. The Kier molecular flexibility index (Phi) is 4.43. The third-order valence-electron chi connectivity index (χ3n) is 3.97. The zero-order valence-corrected chi connectivity index (χ0v) is 12.1. The maximum atomic E-state index is 5.80. The first-order valence-electron chi connectivity index (χ1n) is 7.51. The fourth-order valence-electron chi connectivity index (χ4n) is 2.48. The van der Waals surface area contributed by atoms with Gasteiger partial charge in [0.05, 0.1) is 12.6 Å². The molecule has 0 bridgehead atoms. The third kappa shape index (κ3) is 3.44. The molecule has 1 fully saturated rings. The first-order valence-corrected chi connectivity index (χ1v) is 7.51. The van der Waals surface area contributed by atoms with Crippen molar-refractivity contribution in [3.63, 3.8) is 0 Å². The quantitative estimate of drug-likeness (QED) is 0.777. The number of rotatable bonds is 7. The number of nitrogens with one attached hydrogen (secondary N) is 1. The molecule has 20 heavy (non-hydrogen) atoms. The molecule has 1 aromatic carbocycles. The van der Waals surface area contributed by atoms with Crippen LogP contribution < -0.4 is 14.8 Å². The predicted molar refractivity (Wildman–Crippen MR) is 77.4 cm³/mol. The molecule has 0 saturated heterocycles. The molecule has 1 N–H and O–H groups in total. The van der Waals surface area contributed by atoms with Gasteiger partial charge < -0.3 is 19.5 Å². The van der Waals surface area contributed by atoms with Crippen molar-refractivity contribution in [1.29, 1.82) is 0 Å². The van der Waals surface area contributed by atoms with Gasteiger partial charge in [-0.25, -0.2) is 0 Å². The molecule has 2 aliphatic rings. The van der Waals surface area contributed by atoms with Gasteiger partial charge in [-0.2, -0.15) is 0 Å². The summed E-state index contributed by atoms with van der Waals surface area (Å²) in [7, 11) is 1.96. The number of likely N-dealkylation sites (N-methyl/N-ethyl adjacent to an activating group) is 1. The Morgan fingerprint density at radius 3 is 2.80 bits per heavy atom. The van der Waals surface area contributed by atoms with E-state index in [0.29, 0.717) is 19.8 Å². The monoisotopic (exact) mass is 277 g/mol. The van der Waals surface area contributed by atoms with E-state index in [4.69, 9.17) is 14.2 Å². The minimum atomic E-state index is 0.199. The van der Waals surface area contributed by atoms with Gasteiger partial charge in [0.15, 0.2) is 11.5 Å². The van der Waals surface area contributed by atoms with Crippen LogP contribution in [0.15, 0.2) is 18.2 Å². The van der Waals surface area contributed by atoms with Gasteiger partial charge in [0, 0.05) is 6.61 Å². The van der Waals surface area contributed by atoms with Crippen molar-refractivity contribution < 1.29 is 14.2 Å². The second-order valence-electron chi connectivity index (χ2n) is 5.55. The van der Waals surface area contributed by atoms with E-state index in [0.717, 1.165) is 24.0 Å². The van der Waals surface area contributed by atoms with Crippen LogP contribution in [0.3, 0.4) is 0 Å². The van der Waals surface area contributed by atoms with Gasteiger partial charge in [-0.1, -0.05) is 18.9 Å². The molecule has 0 amide bonds. The summed E-state index contributed by atoms with van der Waals surface area (Å²) in [5.41, 5.74) is 1.18. The number of ether oxygens (including phenoxy) is 3. The average molecular weight is 277 g/mol. The predicted octanol–water partition coefficient (Wildman–Crippen LogP) is 2.54. The zero-order chi connectivity index (χ0) is 13.8. The van der Waals surface area contributed by atoms with Crippen molar-refractivity contribution in [2.75, 3.05) is 33.5 Å². The Morgan fingerprint density at radius 2 is 2.05 bits per heavy atom. The second-order valence-corrected chi connectivity index (χ2v) is 5.55. The zero-order valence-electron chi connectivity index (χ0n) is 12.1. The molecule has 1 heterocycles. The van der Waals surface area contributed by atoms with Crippen LogP contribution >= 0.6 is 0 Å². The molecular weight excluding hydrogens is 254 g/mol. The summed E-state index contributed by atoms with van der Waals surface area (Å²) in [6.07, 6.45) is 3.99. The van der Waals surface area contributed by atoms with Crippen molar-refractivity contribution in [2.45, 2.75) is 25.3 Å². The van der Waals surface area contributed by atoms with E-state index in [-0.39, 0.29) is 6.04 Å². The topological polar surface area (TPSA) is 39.7 Å². The summed E-state index contributed by atoms with van der Waals surface area (Å²) >= 11 is 0. The molecule has 1 aromatic rings. The maximum absolute atomic E-state index is 5.80. The van der Waals surface area contributed by atoms with Crippen molar-refractivity contribution in [3.05, 3.63) is 23.8 Å². The van der Waals surface area contributed by atoms with E-state index in [9.17, 15) is 0 Å². The molecule has 0 aromatic heterocycles. The van der Waals surface area contributed by atoms with Crippen LogP contribution in [0.25, 0.3) is 0 Å². The smallest absolute Gasteiger partial charge is 0.161 e. The van der Waals surface area contributed by atoms with Gasteiger partial charge >= 0.3 is 0 Å². The molecule has 4 heteroatoms. The van der Waals surface area contributed by atoms with Crippen LogP contribution in [0, 0.1) is 5.92 Å². The third-order valence-corrected chi connectivity index (χ3v) is 3.97. The fraction of sp³-hybridized carbons (Fsp3) is 0.625. The van der Waals surface area contributed by atoms with Gasteiger partial charge in [0.25, 0.3) is 0 Å². The lowest BCUT2D eigenvalue weighted by molar-refractivity contribution is 0.108. The Balaban J connectivity index is 1.56. The molecule has 110 valence electrons. The molecule has 1 atom stereocenters. The largest absolute Gasteiger partial charge is 0.486 e. The highest BCUT2D eigenvalue weighted by atomic mass is 16.6. The number of benzene rings is 1. The minimum Gasteiger partial charge on any atom is -0.486 e. The second kappa shape index (κ2) is 6.46. The van der Waals surface area contributed by atoms with E-state index < -0.39 is 0 Å². The molecule has 1 saturated carbocycles. The van der Waals surface area contributed by atoms with Crippen molar-refractivity contribution >= 4 is 0 Å². The van der Waals surface area contributed by atoms with Crippen LogP contribution in [0.4, 0.5) is 0 Å². The van der Waals surface area contributed by atoms with E-state index in [2.05, 4.69) is 17.4 Å². The lowest BCUT2D eigenvalue weighted by atomic mass is 10.1. The summed E-state index contributed by atoms with van der Waals surface area (Å²) in [4.78, 5) is 0. The van der Waals surface area contributed by atoms with Crippen LogP contribution in [0.2, 0.25) is 0 Å². The van der Waals surface area contributed by atoms with Crippen LogP contribution in [-0.2, 0) is 4.74 Å². The van der Waals surface area contributed by atoms with Crippen LogP contribution in [-0.4, -0.2) is 33.5 Å². The van der Waals surface area contributed by atoms with Gasteiger partial charge in [0.1, 0.15) is 13.2 Å². The highest BCUT2D eigenvalue weighted by Gasteiger charge is 2.21. The first-order chi connectivity index (χ1) is 9.86. The molecular formula is C16H23NO3. The standard InChI is InChI=1S/C16H23NO3/c1-17-14(11-18-7-6-12-2-3-12)13-4-5-15-16(10-13)20-9-8-19-15/h4-5,10,12,14,17H,2-3,6-9,11H2,1H3. The Morgan fingerprint density at radius 1 is 1.25 bits per heavy atom. The molecule has 4 nitrogen and oxygen atoms in total. The Hall–Kier alpha value is -1.26. The van der Waals surface area contributed by atoms with Crippen LogP contribution in [0.5, 0.6) is 11.5 Å². The highest BCUT2D eigenvalue weighted by Crippen LogP contribution is 2.33. The number of hydrogen-bond donors (Lipinski definition) is 1. The minimum absolute atomic E-state index is 0.199. The molecule has 1 aliphatic carbocycles. The Bertz CT molecular complexity index is 445. The van der Waals surface area contributed by atoms with Gasteiger partial charge in [-0.15, -0.1) is 0 Å². The van der Waals surface area contributed by atoms with Crippen LogP contribution in [0.1, 0.15) is 30.9 Å². The van der Waals surface area contributed by atoms with Gasteiger partial charge in [0.2, 0.25) is 0 Å². The number of hydrogen-bond acceptors (Lipinski definition) is 4. The lowest BCUT2D eigenvalue weighted by Gasteiger charge is -2.22. The van der Waals surface area contributed by atoms with Gasteiger partial charge in [-0.05, 0) is 37.1 Å². The van der Waals surface area contributed by atoms with E-state index in [1.165, 1.54) is 24.8 Å². The lowest BCUT2D eigenvalue weighted by Crippen LogP contribution is -2.23. The molecule has 1 unspecified atom stereocenters. The summed E-state index contributed by atoms with van der Waals surface area (Å²) < 4.78 is 17.0. The average Bonchev–Trinajstić information content (AvgIpc) is 3.31. The number of fused-ring (bicyclic) bond motifs is 1. The maximum Gasteiger partial charge on any atom is 0.161 e. The van der Waals surface area contributed by atoms with Gasteiger partial charge in [-0.3, -0.25) is 0 Å². The van der Waals surface area contributed by atoms with Crippen molar-refractivity contribution in [1.82, 2.24) is 5.32 Å². The Labute approximate surface area is 120 Å². The molecule has 3 rings (SSSR count). The SMILES string of the molecule is CNC(COCCC1CC1)c1ccc2c(c1)OCCO2. The summed E-state index contributed by atoms with van der Waals surface area (Å²) in [5, 5.41) is 3.31. The van der Waals surface area contributed by atoms with E-state index >= 15 is 0 Å². The first kappa shape index (κ1) is 13.7. The van der Waals surface area contributed by atoms with E-state index in [1.807, 2.05) is 13.1 Å². The summed E-state index contributed by atoms with van der Waals surface area (Å²) in [6.45, 7) is 2.82. The van der Waals surface area contributed by atoms with E-state index in [1.54, 1.807) is 0 Å². The summed E-state index contributed by atoms with van der Waals surface area (Å²) in [5.74, 6) is 2.61. The van der Waals surface area contributed by atoms with Crippen molar-refractivity contribution in [2.24, 2.45) is 5.92 Å². The van der Waals surface area contributed by atoms with Crippen molar-refractivity contribution in [3.8, 4) is 11.5 Å².